The lowest BCUT2D eigenvalue weighted by Gasteiger charge is -2.35. The van der Waals surface area contributed by atoms with E-state index in [0.29, 0.717) is 6.04 Å². The van der Waals surface area contributed by atoms with Crippen LogP contribution >= 0.6 is 0 Å². The van der Waals surface area contributed by atoms with Gasteiger partial charge in [0.15, 0.2) is 0 Å². The molecule has 0 spiro atoms. The van der Waals surface area contributed by atoms with E-state index in [2.05, 4.69) is 62.9 Å². The Hall–Kier alpha value is -2.18. The van der Waals surface area contributed by atoms with E-state index < -0.39 is 5.41 Å². The minimum Gasteiger partial charge on any atom is -0.296 e. The van der Waals surface area contributed by atoms with E-state index in [0.717, 1.165) is 37.9 Å². The molecule has 3 heteroatoms. The molecule has 0 fully saturated rings. The molecule has 150 valence electrons. The summed E-state index contributed by atoms with van der Waals surface area (Å²) in [5.41, 5.74) is 1.65. The van der Waals surface area contributed by atoms with E-state index in [1.807, 2.05) is 6.07 Å². The van der Waals surface area contributed by atoms with Gasteiger partial charge in [-0.15, -0.1) is 0 Å². The lowest BCUT2D eigenvalue weighted by Crippen LogP contribution is -2.37. The van der Waals surface area contributed by atoms with Crippen LogP contribution in [0.5, 0.6) is 0 Å². The molecule has 0 saturated carbocycles. The molecule has 0 heterocycles. The summed E-state index contributed by atoms with van der Waals surface area (Å²) in [7, 11) is 0. The molecule has 2 aromatic rings. The molecule has 0 aliphatic carbocycles. The van der Waals surface area contributed by atoms with Crippen molar-refractivity contribution in [3.05, 3.63) is 71.5 Å². The van der Waals surface area contributed by atoms with Crippen molar-refractivity contribution in [3.63, 3.8) is 0 Å². The molecule has 2 rings (SSSR count). The molecule has 0 radical (unpaired) electrons. The minimum absolute atomic E-state index is 0.156. The molecule has 0 amide bonds. The smallest absolute Gasteiger partial charge is 0.123 e. The molecule has 2 nitrogen and oxygen atoms in total. The Balaban J connectivity index is 2.15. The highest BCUT2D eigenvalue weighted by Gasteiger charge is 2.36. The summed E-state index contributed by atoms with van der Waals surface area (Å²) in [6, 6.07) is 20.0. The van der Waals surface area contributed by atoms with Crippen molar-refractivity contribution in [2.75, 3.05) is 6.54 Å². The van der Waals surface area contributed by atoms with Crippen molar-refractivity contribution in [2.45, 2.75) is 65.0 Å². The topological polar surface area (TPSA) is 27.0 Å². The summed E-state index contributed by atoms with van der Waals surface area (Å²) in [6.45, 7) is 10.6. The van der Waals surface area contributed by atoms with Crippen molar-refractivity contribution in [1.29, 1.82) is 5.26 Å². The zero-order chi connectivity index (χ0) is 20.6. The Morgan fingerprint density at radius 3 is 2.21 bits per heavy atom. The van der Waals surface area contributed by atoms with Gasteiger partial charge in [0.2, 0.25) is 0 Å². The molecule has 2 atom stereocenters. The Kier molecular flexibility index (Phi) is 8.20. The van der Waals surface area contributed by atoms with Gasteiger partial charge in [-0.25, -0.2) is 4.39 Å². The van der Waals surface area contributed by atoms with E-state index in [1.54, 1.807) is 12.1 Å². The van der Waals surface area contributed by atoms with Gasteiger partial charge < -0.3 is 0 Å². The zero-order valence-corrected chi connectivity index (χ0v) is 17.7. The fourth-order valence-electron chi connectivity index (χ4n) is 3.94. The largest absolute Gasteiger partial charge is 0.296 e. The normalized spacial score (nSPS) is 14.6. The molecule has 0 aliphatic rings. The van der Waals surface area contributed by atoms with Crippen molar-refractivity contribution >= 4 is 0 Å². The van der Waals surface area contributed by atoms with Gasteiger partial charge in [-0.1, -0.05) is 63.2 Å². The molecule has 2 unspecified atom stereocenters. The Morgan fingerprint density at radius 2 is 1.68 bits per heavy atom. The third kappa shape index (κ3) is 5.42. The van der Waals surface area contributed by atoms with Gasteiger partial charge in [-0.3, -0.25) is 4.90 Å². The lowest BCUT2D eigenvalue weighted by molar-refractivity contribution is 0.177. The maximum absolute atomic E-state index is 13.4. The summed E-state index contributed by atoms with van der Waals surface area (Å²) in [5, 5.41) is 10.1. The van der Waals surface area contributed by atoms with E-state index in [-0.39, 0.29) is 11.7 Å². The van der Waals surface area contributed by atoms with Gasteiger partial charge in [0.05, 0.1) is 11.5 Å². The Bertz CT molecular complexity index is 748. The summed E-state index contributed by atoms with van der Waals surface area (Å²) in [5.74, 6) is -0.103. The second-order valence-electron chi connectivity index (χ2n) is 8.09. The number of nitriles is 1. The molecule has 28 heavy (non-hydrogen) atoms. The molecule has 0 bridgehead atoms. The molecule has 0 aromatic heterocycles. The number of benzene rings is 2. The zero-order valence-electron chi connectivity index (χ0n) is 17.7. The average Bonchev–Trinajstić information content (AvgIpc) is 2.70. The van der Waals surface area contributed by atoms with E-state index >= 15 is 0 Å². The minimum atomic E-state index is -0.591. The molecule has 0 aliphatic heterocycles. The molecule has 2 aromatic carbocycles. The number of rotatable bonds is 10. The third-order valence-corrected chi connectivity index (χ3v) is 5.86. The maximum atomic E-state index is 13.4. The van der Waals surface area contributed by atoms with Crippen LogP contribution in [0.15, 0.2) is 54.6 Å². The standard InChI is InChI=1S/C25H33FN2/c1-5-17-28(18-22-9-7-6-8-10-22)21(4)15-16-25(19-27,20(2)3)23-11-13-24(26)14-12-23/h6-14,20-21H,5,15-18H2,1-4H3. The van der Waals surface area contributed by atoms with Crippen LogP contribution in [0, 0.1) is 23.1 Å². The number of nitrogens with zero attached hydrogens (tertiary/aromatic N) is 2. The van der Waals surface area contributed by atoms with Crippen LogP contribution in [0.3, 0.4) is 0 Å². The average molecular weight is 381 g/mol. The second kappa shape index (κ2) is 10.4. The highest BCUT2D eigenvalue weighted by Crippen LogP contribution is 2.37. The molecular weight excluding hydrogens is 347 g/mol. The van der Waals surface area contributed by atoms with Crippen LogP contribution in [0.4, 0.5) is 4.39 Å². The number of halogens is 1. The first-order chi connectivity index (χ1) is 13.4. The van der Waals surface area contributed by atoms with Gasteiger partial charge in [-0.05, 0) is 61.9 Å². The first-order valence-corrected chi connectivity index (χ1v) is 10.4. The number of hydrogen-bond donors (Lipinski definition) is 0. The van der Waals surface area contributed by atoms with Crippen molar-refractivity contribution < 1.29 is 4.39 Å². The van der Waals surface area contributed by atoms with Crippen LogP contribution < -0.4 is 0 Å². The fourth-order valence-corrected chi connectivity index (χ4v) is 3.94. The predicted octanol–water partition coefficient (Wildman–Crippen LogP) is 6.32. The van der Waals surface area contributed by atoms with E-state index in [1.165, 1.54) is 17.7 Å². The summed E-state index contributed by atoms with van der Waals surface area (Å²) in [6.07, 6.45) is 2.79. The van der Waals surface area contributed by atoms with Gasteiger partial charge in [0.1, 0.15) is 5.82 Å². The monoisotopic (exact) mass is 380 g/mol. The third-order valence-electron chi connectivity index (χ3n) is 5.86. The highest BCUT2D eigenvalue weighted by atomic mass is 19.1. The fraction of sp³-hybridized carbons (Fsp3) is 0.480. The van der Waals surface area contributed by atoms with Crippen LogP contribution in [0.1, 0.15) is 58.1 Å². The van der Waals surface area contributed by atoms with Gasteiger partial charge >= 0.3 is 0 Å². The predicted molar refractivity (Wildman–Crippen MR) is 114 cm³/mol. The van der Waals surface area contributed by atoms with Crippen LogP contribution in [0.25, 0.3) is 0 Å². The van der Waals surface area contributed by atoms with Crippen LogP contribution in [-0.4, -0.2) is 17.5 Å². The lowest BCUT2D eigenvalue weighted by atomic mass is 9.69. The number of hydrogen-bond acceptors (Lipinski definition) is 2. The van der Waals surface area contributed by atoms with Crippen molar-refractivity contribution in [3.8, 4) is 6.07 Å². The van der Waals surface area contributed by atoms with E-state index in [4.69, 9.17) is 0 Å². The van der Waals surface area contributed by atoms with Crippen LogP contribution in [0.2, 0.25) is 0 Å². The first-order valence-electron chi connectivity index (χ1n) is 10.4. The van der Waals surface area contributed by atoms with Crippen molar-refractivity contribution in [2.24, 2.45) is 5.92 Å². The summed E-state index contributed by atoms with van der Waals surface area (Å²) in [4.78, 5) is 2.50. The maximum Gasteiger partial charge on any atom is 0.123 e. The quantitative estimate of drug-likeness (QED) is 0.482. The van der Waals surface area contributed by atoms with Gasteiger partial charge in [0, 0.05) is 12.6 Å². The Labute approximate surface area is 170 Å². The van der Waals surface area contributed by atoms with E-state index in [9.17, 15) is 9.65 Å². The van der Waals surface area contributed by atoms with Crippen LogP contribution in [-0.2, 0) is 12.0 Å². The summed E-state index contributed by atoms with van der Waals surface area (Å²) >= 11 is 0. The highest BCUT2D eigenvalue weighted by molar-refractivity contribution is 5.33. The molecular formula is C25H33FN2. The van der Waals surface area contributed by atoms with Crippen molar-refractivity contribution in [1.82, 2.24) is 4.90 Å². The van der Waals surface area contributed by atoms with Gasteiger partial charge in [0.25, 0.3) is 0 Å². The Morgan fingerprint density at radius 1 is 1.04 bits per heavy atom. The second-order valence-corrected chi connectivity index (χ2v) is 8.09. The molecule has 0 saturated heterocycles. The molecule has 0 N–H and O–H groups in total. The first kappa shape index (κ1) is 22.1. The SMILES string of the molecule is CCCN(Cc1ccccc1)C(C)CCC(C#N)(c1ccc(F)cc1)C(C)C. The van der Waals surface area contributed by atoms with Gasteiger partial charge in [-0.2, -0.15) is 5.26 Å². The summed E-state index contributed by atoms with van der Waals surface area (Å²) < 4.78 is 13.4.